The summed E-state index contributed by atoms with van der Waals surface area (Å²) in [6.07, 6.45) is -28.7. The van der Waals surface area contributed by atoms with E-state index in [9.17, 15) is 61.9 Å². The van der Waals surface area contributed by atoms with Gasteiger partial charge in [0.2, 0.25) is 0 Å². The summed E-state index contributed by atoms with van der Waals surface area (Å²) in [7, 11) is 0. The van der Waals surface area contributed by atoms with Crippen molar-refractivity contribution in [3.8, 4) is 0 Å². The van der Waals surface area contributed by atoms with E-state index < -0.39 is 48.9 Å². The monoisotopic (exact) mass is 410 g/mol. The van der Waals surface area contributed by atoms with Crippen LogP contribution in [0.4, 0.5) is 57.1 Å². The second kappa shape index (κ2) is 6.33. The molecule has 0 bridgehead atoms. The molecular formula is C8H3F13O4. The van der Waals surface area contributed by atoms with Gasteiger partial charge in [-0.25, -0.2) is 9.53 Å². The van der Waals surface area contributed by atoms with Crippen molar-refractivity contribution >= 4 is 5.97 Å². The molecule has 0 rings (SSSR count). The van der Waals surface area contributed by atoms with Crippen molar-refractivity contribution in [3.05, 3.63) is 0 Å². The molecule has 0 saturated heterocycles. The van der Waals surface area contributed by atoms with Crippen LogP contribution in [0.3, 0.4) is 0 Å². The summed E-state index contributed by atoms with van der Waals surface area (Å²) in [5.74, 6) is -17.2. The Morgan fingerprint density at radius 1 is 0.680 bits per heavy atom. The third-order valence-electron chi connectivity index (χ3n) is 2.09. The summed E-state index contributed by atoms with van der Waals surface area (Å²) in [5, 5.41) is 7.86. The van der Waals surface area contributed by atoms with Crippen LogP contribution in [0.5, 0.6) is 0 Å². The molecule has 25 heavy (non-hydrogen) atoms. The van der Waals surface area contributed by atoms with E-state index in [0.717, 1.165) is 0 Å². The van der Waals surface area contributed by atoms with E-state index in [2.05, 4.69) is 4.74 Å². The van der Waals surface area contributed by atoms with Gasteiger partial charge in [0.15, 0.2) is 6.61 Å². The largest absolute Gasteiger partial charge is 0.480 e. The van der Waals surface area contributed by atoms with E-state index in [1.807, 2.05) is 0 Å². The van der Waals surface area contributed by atoms with Crippen molar-refractivity contribution in [3.63, 3.8) is 0 Å². The van der Waals surface area contributed by atoms with Crippen LogP contribution < -0.4 is 0 Å². The maximum atomic E-state index is 12.8. The lowest BCUT2D eigenvalue weighted by Crippen LogP contribution is -2.62. The molecule has 1 N–H and O–H groups in total. The van der Waals surface area contributed by atoms with E-state index in [1.54, 1.807) is 0 Å². The number of alkyl halides is 13. The van der Waals surface area contributed by atoms with Crippen molar-refractivity contribution in [1.82, 2.24) is 0 Å². The van der Waals surface area contributed by atoms with Gasteiger partial charge in [0.25, 0.3) is 0 Å². The minimum absolute atomic E-state index is 1.38. The second-order valence-electron chi connectivity index (χ2n) is 3.98. The molecule has 0 aliphatic heterocycles. The standard InChI is InChI=1S/C8H3F13O4/c9-3(10,5(13,14)15)7(18,19)25-8(20,21)4(11,12)6(16,17)24-1-2(22)23/h1H2,(H,22,23). The highest BCUT2D eigenvalue weighted by atomic mass is 19.4. The lowest BCUT2D eigenvalue weighted by atomic mass is 10.2. The first-order chi connectivity index (χ1) is 10.6. The average molecular weight is 410 g/mol. The molecule has 0 heterocycles. The minimum atomic E-state index is -7.48. The van der Waals surface area contributed by atoms with Crippen LogP contribution in [0, 0.1) is 0 Å². The first-order valence-electron chi connectivity index (χ1n) is 5.14. The molecule has 17 heteroatoms. The molecule has 0 unspecified atom stereocenters. The molecule has 0 aromatic rings. The van der Waals surface area contributed by atoms with Crippen LogP contribution in [0.25, 0.3) is 0 Å². The van der Waals surface area contributed by atoms with E-state index >= 15 is 0 Å². The summed E-state index contributed by atoms with van der Waals surface area (Å²) in [5.41, 5.74) is 0. The molecule has 0 aliphatic rings. The Hall–Kier alpha value is -1.52. The molecule has 0 aromatic heterocycles. The lowest BCUT2D eigenvalue weighted by Gasteiger charge is -2.35. The predicted molar refractivity (Wildman–Crippen MR) is 45.5 cm³/mol. The number of rotatable bonds is 8. The van der Waals surface area contributed by atoms with Gasteiger partial charge in [-0.05, 0) is 0 Å². The molecule has 0 spiro atoms. The van der Waals surface area contributed by atoms with Gasteiger partial charge in [-0.2, -0.15) is 57.1 Å². The Balaban J connectivity index is 5.71. The maximum absolute atomic E-state index is 12.8. The van der Waals surface area contributed by atoms with Gasteiger partial charge in [0.05, 0.1) is 0 Å². The van der Waals surface area contributed by atoms with Crippen LogP contribution in [-0.4, -0.2) is 54.0 Å². The van der Waals surface area contributed by atoms with E-state index in [-0.39, 0.29) is 0 Å². The third kappa shape index (κ3) is 4.36. The van der Waals surface area contributed by atoms with Gasteiger partial charge in [-0.1, -0.05) is 0 Å². The quantitative estimate of drug-likeness (QED) is 0.620. The molecule has 0 amide bonds. The van der Waals surface area contributed by atoms with Crippen molar-refractivity contribution in [2.45, 2.75) is 36.3 Å². The van der Waals surface area contributed by atoms with Gasteiger partial charge in [0.1, 0.15) is 0 Å². The highest BCUT2D eigenvalue weighted by Crippen LogP contribution is 2.53. The molecule has 4 nitrogen and oxygen atoms in total. The fourth-order valence-corrected chi connectivity index (χ4v) is 0.867. The summed E-state index contributed by atoms with van der Waals surface area (Å²) >= 11 is 0. The summed E-state index contributed by atoms with van der Waals surface area (Å²) in [6, 6.07) is 0. The van der Waals surface area contributed by atoms with Crippen molar-refractivity contribution in [1.29, 1.82) is 0 Å². The number of halogens is 13. The number of hydrogen-bond acceptors (Lipinski definition) is 3. The fraction of sp³-hybridized carbons (Fsp3) is 0.875. The fourth-order valence-electron chi connectivity index (χ4n) is 0.867. The Morgan fingerprint density at radius 3 is 1.36 bits per heavy atom. The first kappa shape index (κ1) is 23.5. The Labute approximate surface area is 127 Å². The van der Waals surface area contributed by atoms with Crippen LogP contribution >= 0.6 is 0 Å². The van der Waals surface area contributed by atoms with Gasteiger partial charge in [-0.15, -0.1) is 0 Å². The highest BCUT2D eigenvalue weighted by Gasteiger charge is 2.82. The Bertz CT molecular complexity index is 497. The number of carboxylic acids is 1. The summed E-state index contributed by atoms with van der Waals surface area (Å²) in [6.45, 7) is -2.40. The highest BCUT2D eigenvalue weighted by molar-refractivity contribution is 5.68. The topological polar surface area (TPSA) is 55.8 Å². The molecule has 0 aliphatic carbocycles. The number of aliphatic carboxylic acids is 1. The van der Waals surface area contributed by atoms with Gasteiger partial charge < -0.3 is 9.84 Å². The van der Waals surface area contributed by atoms with Crippen molar-refractivity contribution in [2.24, 2.45) is 0 Å². The third-order valence-corrected chi connectivity index (χ3v) is 2.09. The normalized spacial score (nSPS) is 15.4. The SMILES string of the molecule is O=C(O)COC(F)(F)C(F)(F)C(F)(F)OC(F)(F)C(F)(F)C(F)(F)F. The summed E-state index contributed by atoms with van der Waals surface area (Å²) < 4.78 is 165. The average Bonchev–Trinajstić information content (AvgIpc) is 2.33. The Kier molecular flexibility index (Phi) is 5.94. The lowest BCUT2D eigenvalue weighted by molar-refractivity contribution is -0.522. The molecule has 0 saturated carbocycles. The van der Waals surface area contributed by atoms with E-state index in [4.69, 9.17) is 5.11 Å². The predicted octanol–water partition coefficient (Wildman–Crippen LogP) is 3.72. The summed E-state index contributed by atoms with van der Waals surface area (Å²) in [4.78, 5) is 9.83. The van der Waals surface area contributed by atoms with Crippen LogP contribution in [-0.2, 0) is 14.3 Å². The minimum Gasteiger partial charge on any atom is -0.480 e. The zero-order valence-corrected chi connectivity index (χ0v) is 10.8. The van der Waals surface area contributed by atoms with Crippen LogP contribution in [0.1, 0.15) is 0 Å². The molecule has 0 fully saturated rings. The number of ether oxygens (including phenoxy) is 2. The number of carbonyl (C=O) groups is 1. The van der Waals surface area contributed by atoms with Crippen molar-refractivity contribution in [2.75, 3.05) is 6.61 Å². The van der Waals surface area contributed by atoms with Gasteiger partial charge in [0, 0.05) is 0 Å². The van der Waals surface area contributed by atoms with E-state index in [1.165, 1.54) is 4.74 Å². The van der Waals surface area contributed by atoms with Gasteiger partial charge in [-0.3, -0.25) is 0 Å². The number of hydrogen-bond donors (Lipinski definition) is 1. The van der Waals surface area contributed by atoms with Crippen LogP contribution in [0.15, 0.2) is 0 Å². The molecule has 0 aromatic carbocycles. The zero-order chi connectivity index (χ0) is 20.7. The second-order valence-corrected chi connectivity index (χ2v) is 3.98. The Morgan fingerprint density at radius 2 is 1.04 bits per heavy atom. The smallest absolute Gasteiger partial charge is 0.462 e. The zero-order valence-electron chi connectivity index (χ0n) is 10.8. The van der Waals surface area contributed by atoms with Crippen molar-refractivity contribution < 1.29 is 76.5 Å². The molecule has 150 valence electrons. The maximum Gasteiger partial charge on any atom is 0.462 e. The van der Waals surface area contributed by atoms with Gasteiger partial charge >= 0.3 is 42.3 Å². The van der Waals surface area contributed by atoms with E-state index in [0.29, 0.717) is 0 Å². The molecule has 0 atom stereocenters. The number of carboxylic acid groups (broad SMARTS) is 1. The molecule has 0 radical (unpaired) electrons. The first-order valence-corrected chi connectivity index (χ1v) is 5.14. The van der Waals surface area contributed by atoms with Crippen LogP contribution in [0.2, 0.25) is 0 Å². The molecular weight excluding hydrogens is 407 g/mol.